The molecular formula is C18H21N5O3S. The molecule has 0 saturated heterocycles. The molecule has 0 aliphatic rings. The van der Waals surface area contributed by atoms with Crippen molar-refractivity contribution in [3.05, 3.63) is 60.0 Å². The number of carbonyl (C=O) groups excluding carboxylic acids is 1. The van der Waals surface area contributed by atoms with Crippen LogP contribution in [0.2, 0.25) is 0 Å². The average molecular weight is 387 g/mol. The Morgan fingerprint density at radius 3 is 2.81 bits per heavy atom. The summed E-state index contributed by atoms with van der Waals surface area (Å²) in [5.41, 5.74) is 1.52. The van der Waals surface area contributed by atoms with Gasteiger partial charge >= 0.3 is 0 Å². The van der Waals surface area contributed by atoms with Gasteiger partial charge in [-0.05, 0) is 36.8 Å². The van der Waals surface area contributed by atoms with Gasteiger partial charge in [-0.2, -0.15) is 0 Å². The molecule has 142 valence electrons. The lowest BCUT2D eigenvalue weighted by atomic mass is 10.2. The number of rotatable bonds is 8. The number of amides is 1. The first-order chi connectivity index (χ1) is 13.0. The number of hydrogen-bond donors (Lipinski definition) is 2. The van der Waals surface area contributed by atoms with E-state index in [0.717, 1.165) is 11.5 Å². The molecule has 0 aliphatic heterocycles. The number of sulfonamides is 1. The highest BCUT2D eigenvalue weighted by Crippen LogP contribution is 2.13. The lowest BCUT2D eigenvalue weighted by Gasteiger charge is -2.09. The fourth-order valence-electron chi connectivity index (χ4n) is 2.67. The van der Waals surface area contributed by atoms with Crippen molar-refractivity contribution in [3.8, 4) is 0 Å². The van der Waals surface area contributed by atoms with Crippen LogP contribution in [-0.4, -0.2) is 41.2 Å². The van der Waals surface area contributed by atoms with Crippen molar-refractivity contribution in [3.63, 3.8) is 0 Å². The number of benzene rings is 1. The van der Waals surface area contributed by atoms with Crippen molar-refractivity contribution in [2.75, 3.05) is 17.0 Å². The van der Waals surface area contributed by atoms with Gasteiger partial charge in [-0.15, -0.1) is 10.2 Å². The molecule has 8 nitrogen and oxygen atoms in total. The van der Waals surface area contributed by atoms with Crippen molar-refractivity contribution < 1.29 is 13.2 Å². The SMILES string of the molecule is CCCS(=O)(=O)Nc1cccc(C(=O)NCCc2nnc3ccccn23)c1. The van der Waals surface area contributed by atoms with Crippen LogP contribution in [-0.2, 0) is 16.4 Å². The summed E-state index contributed by atoms with van der Waals surface area (Å²) in [6.07, 6.45) is 2.92. The fourth-order valence-corrected chi connectivity index (χ4v) is 3.80. The highest BCUT2D eigenvalue weighted by molar-refractivity contribution is 7.92. The van der Waals surface area contributed by atoms with E-state index >= 15 is 0 Å². The Kier molecular flexibility index (Phi) is 5.70. The van der Waals surface area contributed by atoms with Gasteiger partial charge in [-0.3, -0.25) is 13.9 Å². The predicted octanol–water partition coefficient (Wildman–Crippen LogP) is 1.85. The number of nitrogens with zero attached hydrogens (tertiary/aromatic N) is 3. The highest BCUT2D eigenvalue weighted by Gasteiger charge is 2.12. The minimum Gasteiger partial charge on any atom is -0.352 e. The molecule has 0 bridgehead atoms. The van der Waals surface area contributed by atoms with Crippen LogP contribution in [0, 0.1) is 0 Å². The zero-order valence-corrected chi connectivity index (χ0v) is 15.7. The lowest BCUT2D eigenvalue weighted by Crippen LogP contribution is -2.26. The second-order valence-corrected chi connectivity index (χ2v) is 7.89. The van der Waals surface area contributed by atoms with Crippen molar-refractivity contribution in [1.29, 1.82) is 0 Å². The molecule has 0 aliphatic carbocycles. The van der Waals surface area contributed by atoms with Gasteiger partial charge < -0.3 is 5.32 Å². The highest BCUT2D eigenvalue weighted by atomic mass is 32.2. The third kappa shape index (κ3) is 4.82. The van der Waals surface area contributed by atoms with Gasteiger partial charge in [0.25, 0.3) is 5.91 Å². The Bertz CT molecular complexity index is 1050. The Morgan fingerprint density at radius 1 is 1.15 bits per heavy atom. The monoisotopic (exact) mass is 387 g/mol. The Morgan fingerprint density at radius 2 is 2.00 bits per heavy atom. The van der Waals surface area contributed by atoms with Crippen LogP contribution in [0.15, 0.2) is 48.7 Å². The van der Waals surface area contributed by atoms with E-state index in [1.54, 1.807) is 25.1 Å². The van der Waals surface area contributed by atoms with Gasteiger partial charge in [0.2, 0.25) is 10.0 Å². The zero-order valence-electron chi connectivity index (χ0n) is 14.9. The molecular weight excluding hydrogens is 366 g/mol. The van der Waals surface area contributed by atoms with Crippen LogP contribution in [0.5, 0.6) is 0 Å². The third-order valence-electron chi connectivity index (χ3n) is 3.89. The summed E-state index contributed by atoms with van der Waals surface area (Å²) in [5, 5.41) is 11.0. The first-order valence-electron chi connectivity index (χ1n) is 8.66. The molecule has 0 radical (unpaired) electrons. The molecule has 0 spiro atoms. The Labute approximate surface area is 157 Å². The lowest BCUT2D eigenvalue weighted by molar-refractivity contribution is 0.0954. The molecule has 3 aromatic rings. The van der Waals surface area contributed by atoms with Crippen LogP contribution < -0.4 is 10.0 Å². The average Bonchev–Trinajstić information content (AvgIpc) is 3.05. The number of pyridine rings is 1. The second-order valence-electron chi connectivity index (χ2n) is 6.05. The minimum absolute atomic E-state index is 0.0374. The summed E-state index contributed by atoms with van der Waals surface area (Å²) in [7, 11) is -3.39. The van der Waals surface area contributed by atoms with E-state index in [9.17, 15) is 13.2 Å². The standard InChI is InChI=1S/C18H21N5O3S/c1-2-12-27(25,26)22-15-7-5-6-14(13-15)18(24)19-10-9-17-21-20-16-8-3-4-11-23(16)17/h3-8,11,13,22H,2,9-10,12H2,1H3,(H,19,24). The number of aromatic nitrogens is 3. The molecule has 0 fully saturated rings. The van der Waals surface area contributed by atoms with Crippen LogP contribution in [0.4, 0.5) is 5.69 Å². The number of fused-ring (bicyclic) bond motifs is 1. The van der Waals surface area contributed by atoms with E-state index in [1.165, 1.54) is 6.07 Å². The van der Waals surface area contributed by atoms with Crippen LogP contribution in [0.25, 0.3) is 5.65 Å². The van der Waals surface area contributed by atoms with E-state index in [2.05, 4.69) is 20.2 Å². The van der Waals surface area contributed by atoms with Gasteiger partial charge in [0.05, 0.1) is 5.75 Å². The predicted molar refractivity (Wildman–Crippen MR) is 103 cm³/mol. The number of carbonyl (C=O) groups is 1. The summed E-state index contributed by atoms with van der Waals surface area (Å²) < 4.78 is 28.1. The second kappa shape index (κ2) is 8.17. The van der Waals surface area contributed by atoms with Crippen LogP contribution >= 0.6 is 0 Å². The Hall–Kier alpha value is -2.94. The van der Waals surface area contributed by atoms with E-state index in [1.807, 2.05) is 28.8 Å². The number of anilines is 1. The van der Waals surface area contributed by atoms with Gasteiger partial charge in [0.15, 0.2) is 5.65 Å². The summed E-state index contributed by atoms with van der Waals surface area (Å²) in [6.45, 7) is 2.18. The first-order valence-corrected chi connectivity index (χ1v) is 10.3. The zero-order chi connectivity index (χ0) is 19.3. The van der Waals surface area contributed by atoms with E-state index in [0.29, 0.717) is 30.6 Å². The molecule has 0 saturated carbocycles. The van der Waals surface area contributed by atoms with Crippen molar-refractivity contribution >= 4 is 27.3 Å². The third-order valence-corrected chi connectivity index (χ3v) is 5.38. The molecule has 1 aromatic carbocycles. The number of nitrogens with one attached hydrogen (secondary N) is 2. The van der Waals surface area contributed by atoms with Gasteiger partial charge in [-0.25, -0.2) is 8.42 Å². The smallest absolute Gasteiger partial charge is 0.251 e. The molecule has 2 heterocycles. The van der Waals surface area contributed by atoms with E-state index in [-0.39, 0.29) is 11.7 Å². The molecule has 1 amide bonds. The number of hydrogen-bond acceptors (Lipinski definition) is 5. The van der Waals surface area contributed by atoms with Crippen LogP contribution in [0.3, 0.4) is 0 Å². The molecule has 0 atom stereocenters. The molecule has 3 rings (SSSR count). The van der Waals surface area contributed by atoms with Crippen molar-refractivity contribution in [2.45, 2.75) is 19.8 Å². The summed E-state index contributed by atoms with van der Waals surface area (Å²) in [4.78, 5) is 12.3. The normalized spacial score (nSPS) is 11.4. The van der Waals surface area contributed by atoms with Crippen LogP contribution in [0.1, 0.15) is 29.5 Å². The summed E-state index contributed by atoms with van der Waals surface area (Å²) >= 11 is 0. The molecule has 9 heteroatoms. The van der Waals surface area contributed by atoms with Crippen molar-refractivity contribution in [1.82, 2.24) is 19.9 Å². The van der Waals surface area contributed by atoms with Gasteiger partial charge in [-0.1, -0.05) is 19.1 Å². The molecule has 0 unspecified atom stereocenters. The summed E-state index contributed by atoms with van der Waals surface area (Å²) in [6, 6.07) is 12.1. The van der Waals surface area contributed by atoms with Gasteiger partial charge in [0.1, 0.15) is 5.82 Å². The molecule has 2 N–H and O–H groups in total. The molecule has 27 heavy (non-hydrogen) atoms. The van der Waals surface area contributed by atoms with E-state index < -0.39 is 10.0 Å². The minimum atomic E-state index is -3.39. The maximum atomic E-state index is 12.3. The largest absolute Gasteiger partial charge is 0.352 e. The topological polar surface area (TPSA) is 105 Å². The maximum Gasteiger partial charge on any atom is 0.251 e. The molecule has 2 aromatic heterocycles. The van der Waals surface area contributed by atoms with Gasteiger partial charge in [0, 0.05) is 30.4 Å². The fraction of sp³-hybridized carbons (Fsp3) is 0.278. The summed E-state index contributed by atoms with van der Waals surface area (Å²) in [5.74, 6) is 0.516. The maximum absolute atomic E-state index is 12.3. The first kappa shape index (κ1) is 18.8. The Balaban J connectivity index is 1.60. The van der Waals surface area contributed by atoms with E-state index in [4.69, 9.17) is 0 Å². The van der Waals surface area contributed by atoms with Crippen molar-refractivity contribution in [2.24, 2.45) is 0 Å². The quantitative estimate of drug-likeness (QED) is 0.614.